The van der Waals surface area contributed by atoms with E-state index in [0.717, 1.165) is 17.7 Å². The third kappa shape index (κ3) is 3.37. The van der Waals surface area contributed by atoms with Gasteiger partial charge in [0.15, 0.2) is 0 Å². The Kier molecular flexibility index (Phi) is 3.71. The Morgan fingerprint density at radius 1 is 1.37 bits per heavy atom. The molecule has 108 valence electrons. The lowest BCUT2D eigenvalue weighted by Crippen LogP contribution is -2.63. The zero-order chi connectivity index (χ0) is 14.2. The van der Waals surface area contributed by atoms with E-state index in [-0.39, 0.29) is 24.3 Å². The summed E-state index contributed by atoms with van der Waals surface area (Å²) in [5.74, 6) is -0.529. The molecule has 1 aliphatic heterocycles. The van der Waals surface area contributed by atoms with Gasteiger partial charge in [0.2, 0.25) is 11.8 Å². The summed E-state index contributed by atoms with van der Waals surface area (Å²) in [5.41, 5.74) is 0. The molecule has 0 radical (unpaired) electrons. The largest absolute Gasteiger partial charge is 0.522 e. The van der Waals surface area contributed by atoms with Crippen molar-refractivity contribution in [2.45, 2.75) is 38.2 Å². The molecular weight excluding hydrogens is 265 g/mol. The fourth-order valence-electron chi connectivity index (χ4n) is 2.16. The normalized spacial score (nSPS) is 28.5. The van der Waals surface area contributed by atoms with E-state index in [1.165, 1.54) is 6.92 Å². The molecule has 1 N–H and O–H groups in total. The first-order chi connectivity index (χ1) is 8.79. The third-order valence-corrected chi connectivity index (χ3v) is 3.39. The van der Waals surface area contributed by atoms with Crippen molar-refractivity contribution < 1.29 is 27.5 Å². The Hall–Kier alpha value is -1.31. The number of ether oxygens (including phenoxy) is 1. The molecule has 2 unspecified atom stereocenters. The number of amides is 2. The predicted octanol–water partition coefficient (Wildman–Crippen LogP) is 0.648. The van der Waals surface area contributed by atoms with Crippen molar-refractivity contribution >= 4 is 11.8 Å². The molecule has 5 nitrogen and oxygen atoms in total. The molecule has 1 aliphatic carbocycles. The zero-order valence-electron chi connectivity index (χ0n) is 10.4. The fraction of sp³-hybridized carbons (Fsp3) is 0.818. The van der Waals surface area contributed by atoms with Crippen LogP contribution < -0.4 is 5.32 Å². The molecule has 0 aromatic carbocycles. The van der Waals surface area contributed by atoms with Crippen molar-refractivity contribution in [2.24, 2.45) is 5.92 Å². The average molecular weight is 280 g/mol. The summed E-state index contributed by atoms with van der Waals surface area (Å²) in [6, 6.07) is -1.35. The number of halogens is 3. The standard InChI is InChI=1S/C11H15F3N2O3/c1-6-9(17)15-8(7-2-3-7)10(18)16(6)4-5-19-11(12,13)14/h6-8H,2-5H2,1H3,(H,15,17). The van der Waals surface area contributed by atoms with Crippen molar-refractivity contribution in [3.05, 3.63) is 0 Å². The van der Waals surface area contributed by atoms with Gasteiger partial charge in [-0.05, 0) is 25.7 Å². The van der Waals surface area contributed by atoms with Gasteiger partial charge in [-0.1, -0.05) is 0 Å². The van der Waals surface area contributed by atoms with Crippen molar-refractivity contribution in [1.29, 1.82) is 0 Å². The Morgan fingerprint density at radius 2 is 2.00 bits per heavy atom. The molecule has 2 amide bonds. The number of rotatable bonds is 4. The van der Waals surface area contributed by atoms with Crippen LogP contribution in [0.5, 0.6) is 0 Å². The Balaban J connectivity index is 1.95. The highest BCUT2D eigenvalue weighted by Gasteiger charge is 2.45. The minimum absolute atomic E-state index is 0.120. The van der Waals surface area contributed by atoms with Crippen LogP contribution in [0.2, 0.25) is 0 Å². The minimum atomic E-state index is -4.72. The first kappa shape index (κ1) is 14.1. The number of carbonyl (C=O) groups excluding carboxylic acids is 2. The second kappa shape index (κ2) is 4.99. The summed E-state index contributed by atoms with van der Waals surface area (Å²) >= 11 is 0. The van der Waals surface area contributed by atoms with Gasteiger partial charge in [-0.25, -0.2) is 0 Å². The number of piperazine rings is 1. The van der Waals surface area contributed by atoms with Crippen LogP contribution in [0.3, 0.4) is 0 Å². The van der Waals surface area contributed by atoms with Crippen LogP contribution >= 0.6 is 0 Å². The summed E-state index contributed by atoms with van der Waals surface area (Å²) in [4.78, 5) is 24.9. The van der Waals surface area contributed by atoms with Gasteiger partial charge in [0.25, 0.3) is 0 Å². The van der Waals surface area contributed by atoms with Crippen molar-refractivity contribution in [1.82, 2.24) is 10.2 Å². The third-order valence-electron chi connectivity index (χ3n) is 3.39. The molecule has 2 rings (SSSR count). The molecule has 19 heavy (non-hydrogen) atoms. The van der Waals surface area contributed by atoms with Crippen LogP contribution in [0.1, 0.15) is 19.8 Å². The van der Waals surface area contributed by atoms with Gasteiger partial charge in [0, 0.05) is 6.54 Å². The predicted molar refractivity (Wildman–Crippen MR) is 57.8 cm³/mol. The Labute approximate surface area is 108 Å². The molecule has 0 aromatic heterocycles. The van der Waals surface area contributed by atoms with Crippen LogP contribution in [-0.2, 0) is 14.3 Å². The quantitative estimate of drug-likeness (QED) is 0.822. The van der Waals surface area contributed by atoms with E-state index in [2.05, 4.69) is 10.1 Å². The molecule has 2 aliphatic rings. The summed E-state index contributed by atoms with van der Waals surface area (Å²) in [6.45, 7) is 0.588. The molecule has 1 heterocycles. The highest BCUT2D eigenvalue weighted by Crippen LogP contribution is 2.35. The molecule has 0 spiro atoms. The molecular formula is C11H15F3N2O3. The van der Waals surface area contributed by atoms with E-state index in [9.17, 15) is 22.8 Å². The monoisotopic (exact) mass is 280 g/mol. The number of hydrogen-bond donors (Lipinski definition) is 1. The van der Waals surface area contributed by atoms with Gasteiger partial charge in [0.05, 0.1) is 6.61 Å². The smallest absolute Gasteiger partial charge is 0.342 e. The second-order valence-electron chi connectivity index (χ2n) is 4.83. The SMILES string of the molecule is CC1C(=O)NC(C2CC2)C(=O)N1CCOC(F)(F)F. The van der Waals surface area contributed by atoms with Crippen LogP contribution in [0.25, 0.3) is 0 Å². The van der Waals surface area contributed by atoms with Crippen LogP contribution in [0.4, 0.5) is 13.2 Å². The highest BCUT2D eigenvalue weighted by molar-refractivity contribution is 5.97. The van der Waals surface area contributed by atoms with E-state index in [1.54, 1.807) is 0 Å². The lowest BCUT2D eigenvalue weighted by Gasteiger charge is -2.37. The molecule has 8 heteroatoms. The highest BCUT2D eigenvalue weighted by atomic mass is 19.4. The molecule has 0 bridgehead atoms. The van der Waals surface area contributed by atoms with E-state index in [4.69, 9.17) is 0 Å². The fourth-order valence-corrected chi connectivity index (χ4v) is 2.16. The lowest BCUT2D eigenvalue weighted by molar-refractivity contribution is -0.325. The van der Waals surface area contributed by atoms with E-state index in [0.29, 0.717) is 0 Å². The number of hydrogen-bond acceptors (Lipinski definition) is 3. The zero-order valence-corrected chi connectivity index (χ0v) is 10.4. The summed E-state index contributed by atoms with van der Waals surface area (Å²) in [7, 11) is 0. The van der Waals surface area contributed by atoms with E-state index < -0.39 is 25.1 Å². The maximum absolute atomic E-state index is 12.1. The van der Waals surface area contributed by atoms with Gasteiger partial charge < -0.3 is 10.2 Å². The maximum atomic E-state index is 12.1. The van der Waals surface area contributed by atoms with Crippen molar-refractivity contribution in [3.8, 4) is 0 Å². The van der Waals surface area contributed by atoms with Gasteiger partial charge in [-0.3, -0.25) is 14.3 Å². The van der Waals surface area contributed by atoms with Crippen LogP contribution in [0.15, 0.2) is 0 Å². The maximum Gasteiger partial charge on any atom is 0.522 e. The van der Waals surface area contributed by atoms with Gasteiger partial charge >= 0.3 is 6.36 Å². The minimum Gasteiger partial charge on any atom is -0.342 e. The number of nitrogens with zero attached hydrogens (tertiary/aromatic N) is 1. The molecule has 1 saturated carbocycles. The Morgan fingerprint density at radius 3 is 2.53 bits per heavy atom. The first-order valence-corrected chi connectivity index (χ1v) is 6.11. The topological polar surface area (TPSA) is 58.6 Å². The summed E-state index contributed by atoms with van der Waals surface area (Å²) in [6.07, 6.45) is -3.00. The number of alkyl halides is 3. The molecule has 2 atom stereocenters. The Bertz CT molecular complexity index is 382. The number of carbonyl (C=O) groups is 2. The van der Waals surface area contributed by atoms with E-state index in [1.807, 2.05) is 0 Å². The van der Waals surface area contributed by atoms with E-state index >= 15 is 0 Å². The second-order valence-corrected chi connectivity index (χ2v) is 4.83. The molecule has 1 saturated heterocycles. The van der Waals surface area contributed by atoms with Crippen molar-refractivity contribution in [2.75, 3.05) is 13.2 Å². The van der Waals surface area contributed by atoms with Gasteiger partial charge in [-0.2, -0.15) is 0 Å². The van der Waals surface area contributed by atoms with Crippen LogP contribution in [-0.4, -0.2) is 48.3 Å². The molecule has 0 aromatic rings. The first-order valence-electron chi connectivity index (χ1n) is 6.11. The average Bonchev–Trinajstić information content (AvgIpc) is 3.10. The van der Waals surface area contributed by atoms with Gasteiger partial charge in [0.1, 0.15) is 12.1 Å². The number of nitrogens with one attached hydrogen (secondary N) is 1. The van der Waals surface area contributed by atoms with Crippen LogP contribution in [0, 0.1) is 5.92 Å². The lowest BCUT2D eigenvalue weighted by atomic mass is 10.0. The summed E-state index contributed by atoms with van der Waals surface area (Å²) < 4.78 is 39.3. The summed E-state index contributed by atoms with van der Waals surface area (Å²) in [5, 5.41) is 2.62. The van der Waals surface area contributed by atoms with Crippen molar-refractivity contribution in [3.63, 3.8) is 0 Å². The molecule has 2 fully saturated rings. The van der Waals surface area contributed by atoms with Gasteiger partial charge in [-0.15, -0.1) is 13.2 Å².